The first kappa shape index (κ1) is 21.6. The third-order valence-corrected chi connectivity index (χ3v) is 3.77. The van der Waals surface area contributed by atoms with Crippen LogP contribution in [0.5, 0.6) is 0 Å². The molecule has 5 heteroatoms. The summed E-state index contributed by atoms with van der Waals surface area (Å²) >= 11 is 0. The van der Waals surface area contributed by atoms with Gasteiger partial charge in [0.2, 0.25) is 0 Å². The molecule has 0 fully saturated rings. The fourth-order valence-corrected chi connectivity index (χ4v) is 2.20. The fraction of sp³-hybridized carbons (Fsp3) is 0.650. The summed E-state index contributed by atoms with van der Waals surface area (Å²) in [5.74, 6) is 0.0679. The highest BCUT2D eigenvalue weighted by Gasteiger charge is 2.17. The zero-order valence-electron chi connectivity index (χ0n) is 16.2. The molecule has 142 valence electrons. The van der Waals surface area contributed by atoms with Gasteiger partial charge in [0.1, 0.15) is 12.6 Å². The van der Waals surface area contributed by atoms with Crippen molar-refractivity contribution in [2.45, 2.75) is 59.4 Å². The molecule has 0 aliphatic rings. The number of hydrogen-bond donors (Lipinski definition) is 2. The molecular formula is C20H34N2O3. The number of carbonyl (C=O) groups is 1. The van der Waals surface area contributed by atoms with E-state index < -0.39 is 0 Å². The van der Waals surface area contributed by atoms with Crippen molar-refractivity contribution in [1.82, 2.24) is 10.6 Å². The van der Waals surface area contributed by atoms with Gasteiger partial charge in [-0.15, -0.1) is 0 Å². The lowest BCUT2D eigenvalue weighted by atomic mass is 10.1. The van der Waals surface area contributed by atoms with Gasteiger partial charge in [0.25, 0.3) is 0 Å². The quantitative estimate of drug-likeness (QED) is 0.568. The largest absolute Gasteiger partial charge is 0.460 e. The van der Waals surface area contributed by atoms with Crippen molar-refractivity contribution in [1.29, 1.82) is 0 Å². The van der Waals surface area contributed by atoms with Gasteiger partial charge in [0.05, 0.1) is 12.7 Å². The third kappa shape index (κ3) is 10.2. The molecule has 0 aliphatic carbocycles. The van der Waals surface area contributed by atoms with Crippen LogP contribution in [0, 0.1) is 5.92 Å². The Labute approximate surface area is 152 Å². The summed E-state index contributed by atoms with van der Waals surface area (Å²) in [5.41, 5.74) is 0.993. The minimum absolute atomic E-state index is 0.204. The summed E-state index contributed by atoms with van der Waals surface area (Å²) in [6, 6.07) is 9.79. The van der Waals surface area contributed by atoms with Crippen LogP contribution >= 0.6 is 0 Å². The van der Waals surface area contributed by atoms with Gasteiger partial charge in [-0.2, -0.15) is 0 Å². The lowest BCUT2D eigenvalue weighted by molar-refractivity contribution is -0.147. The predicted molar refractivity (Wildman–Crippen MR) is 101 cm³/mol. The van der Waals surface area contributed by atoms with Crippen molar-refractivity contribution in [3.63, 3.8) is 0 Å². The first-order chi connectivity index (χ1) is 11.9. The molecule has 0 amide bonds. The summed E-state index contributed by atoms with van der Waals surface area (Å²) in [6.07, 6.45) is 0.204. The minimum atomic E-state index is -0.343. The molecule has 25 heavy (non-hydrogen) atoms. The zero-order valence-corrected chi connectivity index (χ0v) is 16.2. The second-order valence-electron chi connectivity index (χ2n) is 7.03. The molecule has 2 N–H and O–H groups in total. The van der Waals surface area contributed by atoms with Crippen LogP contribution < -0.4 is 10.6 Å². The molecule has 2 atom stereocenters. The van der Waals surface area contributed by atoms with E-state index in [1.807, 2.05) is 51.1 Å². The van der Waals surface area contributed by atoms with E-state index >= 15 is 0 Å². The van der Waals surface area contributed by atoms with Crippen LogP contribution in [0.15, 0.2) is 30.3 Å². The normalized spacial score (nSPS) is 13.9. The van der Waals surface area contributed by atoms with Gasteiger partial charge >= 0.3 is 5.97 Å². The van der Waals surface area contributed by atoms with Gasteiger partial charge in [0.15, 0.2) is 0 Å². The molecule has 0 saturated heterocycles. The molecule has 0 heterocycles. The molecule has 0 radical (unpaired) electrons. The highest BCUT2D eigenvalue weighted by Crippen LogP contribution is 2.03. The van der Waals surface area contributed by atoms with Crippen molar-refractivity contribution >= 4 is 5.97 Å². The van der Waals surface area contributed by atoms with E-state index in [9.17, 15) is 4.79 Å². The van der Waals surface area contributed by atoms with Crippen LogP contribution in [0.25, 0.3) is 0 Å². The summed E-state index contributed by atoms with van der Waals surface area (Å²) in [7, 11) is 0. The standard InChI is InChI=1S/C20H34N2O3/c1-15(2)21-11-19(14-24-16(3)4)12-22-17(5)20(23)25-13-18-9-7-6-8-10-18/h6-10,15-17,19,21-22H,11-14H2,1-5H3. The second-order valence-corrected chi connectivity index (χ2v) is 7.03. The molecule has 1 aromatic carbocycles. The maximum atomic E-state index is 12.1. The Hall–Kier alpha value is -1.43. The van der Waals surface area contributed by atoms with Gasteiger partial charge in [0, 0.05) is 25.0 Å². The number of hydrogen-bond acceptors (Lipinski definition) is 5. The summed E-state index contributed by atoms with van der Waals surface area (Å²) in [6.45, 7) is 12.7. The summed E-state index contributed by atoms with van der Waals surface area (Å²) in [5, 5.41) is 6.70. The summed E-state index contributed by atoms with van der Waals surface area (Å²) < 4.78 is 11.1. The van der Waals surface area contributed by atoms with Gasteiger partial charge in [-0.25, -0.2) is 0 Å². The van der Waals surface area contributed by atoms with Crippen LogP contribution in [0.1, 0.15) is 40.2 Å². The van der Waals surface area contributed by atoms with Crippen LogP contribution in [-0.4, -0.2) is 43.9 Å². The topological polar surface area (TPSA) is 59.6 Å². The number of ether oxygens (including phenoxy) is 2. The van der Waals surface area contributed by atoms with Gasteiger partial charge in [-0.1, -0.05) is 44.2 Å². The van der Waals surface area contributed by atoms with Crippen molar-refractivity contribution in [3.8, 4) is 0 Å². The lowest BCUT2D eigenvalue weighted by Crippen LogP contribution is -2.43. The molecule has 5 nitrogen and oxygen atoms in total. The minimum Gasteiger partial charge on any atom is -0.460 e. The highest BCUT2D eigenvalue weighted by atomic mass is 16.5. The first-order valence-corrected chi connectivity index (χ1v) is 9.17. The Balaban J connectivity index is 2.37. The van der Waals surface area contributed by atoms with Gasteiger partial charge in [-0.05, 0) is 26.3 Å². The smallest absolute Gasteiger partial charge is 0.323 e. The number of nitrogens with one attached hydrogen (secondary N) is 2. The maximum Gasteiger partial charge on any atom is 0.323 e. The maximum absolute atomic E-state index is 12.1. The van der Waals surface area contributed by atoms with E-state index in [4.69, 9.17) is 9.47 Å². The van der Waals surface area contributed by atoms with Crippen LogP contribution in [0.4, 0.5) is 0 Å². The monoisotopic (exact) mass is 350 g/mol. The average Bonchev–Trinajstić information content (AvgIpc) is 2.59. The molecule has 0 saturated carbocycles. The number of rotatable bonds is 12. The van der Waals surface area contributed by atoms with Crippen molar-refractivity contribution in [2.24, 2.45) is 5.92 Å². The molecule has 1 rings (SSSR count). The lowest BCUT2D eigenvalue weighted by Gasteiger charge is -2.23. The molecule has 2 unspecified atom stereocenters. The predicted octanol–water partition coefficient (Wildman–Crippen LogP) is 2.75. The van der Waals surface area contributed by atoms with E-state index in [1.54, 1.807) is 0 Å². The molecule has 0 bridgehead atoms. The second kappa shape index (κ2) is 12.0. The van der Waals surface area contributed by atoms with Crippen LogP contribution in [0.3, 0.4) is 0 Å². The Morgan fingerprint density at radius 3 is 2.24 bits per heavy atom. The number of esters is 1. The summed E-state index contributed by atoms with van der Waals surface area (Å²) in [4.78, 5) is 12.1. The van der Waals surface area contributed by atoms with Crippen molar-refractivity contribution in [3.05, 3.63) is 35.9 Å². The third-order valence-electron chi connectivity index (χ3n) is 3.77. The van der Waals surface area contributed by atoms with E-state index in [0.717, 1.165) is 12.1 Å². The highest BCUT2D eigenvalue weighted by molar-refractivity contribution is 5.75. The van der Waals surface area contributed by atoms with Gasteiger partial charge in [-0.3, -0.25) is 4.79 Å². The number of carbonyl (C=O) groups excluding carboxylic acids is 1. The van der Waals surface area contributed by atoms with Crippen LogP contribution in [0.2, 0.25) is 0 Å². The molecule has 1 aromatic rings. The Morgan fingerprint density at radius 1 is 1.00 bits per heavy atom. The Bertz CT molecular complexity index is 465. The Morgan fingerprint density at radius 2 is 1.64 bits per heavy atom. The van der Waals surface area contributed by atoms with E-state index in [2.05, 4.69) is 24.5 Å². The Kier molecular flexibility index (Phi) is 10.4. The first-order valence-electron chi connectivity index (χ1n) is 9.17. The molecule has 0 aliphatic heterocycles. The van der Waals surface area contributed by atoms with Crippen LogP contribution in [-0.2, 0) is 20.9 Å². The van der Waals surface area contributed by atoms with Crippen molar-refractivity contribution in [2.75, 3.05) is 19.7 Å². The average molecular weight is 351 g/mol. The zero-order chi connectivity index (χ0) is 18.7. The molecular weight excluding hydrogens is 316 g/mol. The molecule has 0 aromatic heterocycles. The SMILES string of the molecule is CC(C)NCC(CNC(C)C(=O)OCc1ccccc1)COC(C)C. The fourth-order valence-electron chi connectivity index (χ4n) is 2.20. The molecule has 0 spiro atoms. The van der Waals surface area contributed by atoms with E-state index in [-0.39, 0.29) is 18.1 Å². The van der Waals surface area contributed by atoms with Gasteiger partial charge < -0.3 is 20.1 Å². The van der Waals surface area contributed by atoms with Crippen molar-refractivity contribution < 1.29 is 14.3 Å². The number of benzene rings is 1. The van der Waals surface area contributed by atoms with E-state index in [1.165, 1.54) is 0 Å². The van der Waals surface area contributed by atoms with E-state index in [0.29, 0.717) is 31.7 Å².